The molecule has 0 aromatic heterocycles. The number of Topliss-reactive ketones (excluding diaryl/α,β-unsaturated/α-hetero) is 1. The summed E-state index contributed by atoms with van der Waals surface area (Å²) < 4.78 is 13.5. The molecule has 0 aliphatic carbocycles. The highest BCUT2D eigenvalue weighted by Gasteiger charge is 2.11. The maximum atomic E-state index is 12.9. The van der Waals surface area contributed by atoms with Crippen LogP contribution in [0, 0.1) is 5.82 Å². The third kappa shape index (κ3) is 4.96. The van der Waals surface area contributed by atoms with Gasteiger partial charge < -0.3 is 5.73 Å². The van der Waals surface area contributed by atoms with E-state index in [4.69, 9.17) is 5.73 Å². The highest BCUT2D eigenvalue weighted by atomic mass is 79.9. The third-order valence-corrected chi connectivity index (χ3v) is 3.29. The maximum Gasteiger partial charge on any atom is 0.138 e. The molecular formula is C13H17BrFNO. The second kappa shape index (κ2) is 6.87. The summed E-state index contributed by atoms with van der Waals surface area (Å²) in [6.45, 7) is 2.04. The van der Waals surface area contributed by atoms with E-state index in [2.05, 4.69) is 15.9 Å². The Kier molecular flexibility index (Phi) is 5.78. The van der Waals surface area contributed by atoms with Gasteiger partial charge in [0.25, 0.3) is 0 Å². The van der Waals surface area contributed by atoms with Gasteiger partial charge in [0, 0.05) is 23.4 Å². The molecule has 0 saturated carbocycles. The number of halogens is 2. The number of nitrogens with two attached hydrogens (primary N) is 1. The summed E-state index contributed by atoms with van der Waals surface area (Å²) in [6, 6.07) is 4.29. The molecule has 1 aromatic rings. The Morgan fingerprint density at radius 3 is 2.82 bits per heavy atom. The van der Waals surface area contributed by atoms with Crippen molar-refractivity contribution < 1.29 is 9.18 Å². The summed E-state index contributed by atoms with van der Waals surface area (Å²) in [5.74, 6) is -0.214. The number of hydrogen-bond donors (Lipinski definition) is 1. The van der Waals surface area contributed by atoms with Crippen LogP contribution in [0.25, 0.3) is 0 Å². The van der Waals surface area contributed by atoms with E-state index in [1.807, 2.05) is 6.92 Å². The summed E-state index contributed by atoms with van der Waals surface area (Å²) in [5.41, 5.74) is 6.61. The van der Waals surface area contributed by atoms with E-state index in [0.29, 0.717) is 17.3 Å². The molecule has 17 heavy (non-hydrogen) atoms. The number of rotatable bonds is 6. The SMILES string of the molecule is CCCC(N)CC(=O)Cc1ccc(F)cc1Br. The van der Waals surface area contributed by atoms with Crippen LogP contribution in [0.15, 0.2) is 22.7 Å². The fourth-order valence-corrected chi connectivity index (χ4v) is 2.21. The van der Waals surface area contributed by atoms with E-state index in [-0.39, 0.29) is 17.6 Å². The number of benzene rings is 1. The van der Waals surface area contributed by atoms with Gasteiger partial charge in [0.2, 0.25) is 0 Å². The van der Waals surface area contributed by atoms with Gasteiger partial charge in [-0.25, -0.2) is 4.39 Å². The molecule has 1 atom stereocenters. The first-order chi connectivity index (χ1) is 8.02. The van der Waals surface area contributed by atoms with Crippen molar-refractivity contribution >= 4 is 21.7 Å². The molecule has 1 unspecified atom stereocenters. The average molecular weight is 302 g/mol. The van der Waals surface area contributed by atoms with E-state index in [1.54, 1.807) is 6.07 Å². The van der Waals surface area contributed by atoms with Crippen molar-refractivity contribution in [1.82, 2.24) is 0 Å². The number of ketones is 1. The predicted molar refractivity (Wildman–Crippen MR) is 70.3 cm³/mol. The van der Waals surface area contributed by atoms with Crippen molar-refractivity contribution in [3.63, 3.8) is 0 Å². The summed E-state index contributed by atoms with van der Waals surface area (Å²) in [4.78, 5) is 11.7. The van der Waals surface area contributed by atoms with Gasteiger partial charge in [0.15, 0.2) is 0 Å². The Morgan fingerprint density at radius 1 is 1.53 bits per heavy atom. The number of hydrogen-bond acceptors (Lipinski definition) is 2. The number of carbonyl (C=O) groups excluding carboxylic acids is 1. The molecule has 0 saturated heterocycles. The first-order valence-corrected chi connectivity index (χ1v) is 6.53. The quantitative estimate of drug-likeness (QED) is 0.877. The fourth-order valence-electron chi connectivity index (χ4n) is 1.71. The first kappa shape index (κ1) is 14.3. The molecule has 2 nitrogen and oxygen atoms in total. The minimum absolute atomic E-state index is 0.0632. The van der Waals surface area contributed by atoms with Crippen LogP contribution >= 0.6 is 15.9 Å². The Morgan fingerprint density at radius 2 is 2.24 bits per heavy atom. The zero-order chi connectivity index (χ0) is 12.8. The second-order valence-corrected chi connectivity index (χ2v) is 5.06. The van der Waals surface area contributed by atoms with Crippen molar-refractivity contribution in [3.8, 4) is 0 Å². The molecule has 0 fully saturated rings. The first-order valence-electron chi connectivity index (χ1n) is 5.74. The lowest BCUT2D eigenvalue weighted by atomic mass is 10.0. The fraction of sp³-hybridized carbons (Fsp3) is 0.462. The van der Waals surface area contributed by atoms with E-state index < -0.39 is 0 Å². The van der Waals surface area contributed by atoms with Crippen LogP contribution in [-0.4, -0.2) is 11.8 Å². The highest BCUT2D eigenvalue weighted by Crippen LogP contribution is 2.19. The lowest BCUT2D eigenvalue weighted by Crippen LogP contribution is -2.24. The molecule has 2 N–H and O–H groups in total. The standard InChI is InChI=1S/C13H17BrFNO/c1-2-3-11(16)8-12(17)6-9-4-5-10(15)7-13(9)14/h4-5,7,11H,2-3,6,8,16H2,1H3. The maximum absolute atomic E-state index is 12.9. The van der Waals surface area contributed by atoms with Crippen molar-refractivity contribution in [3.05, 3.63) is 34.1 Å². The van der Waals surface area contributed by atoms with Crippen LogP contribution in [0.1, 0.15) is 31.7 Å². The van der Waals surface area contributed by atoms with Crippen molar-refractivity contribution in [2.45, 2.75) is 38.6 Å². The smallest absolute Gasteiger partial charge is 0.138 e. The minimum atomic E-state index is -0.309. The highest BCUT2D eigenvalue weighted by molar-refractivity contribution is 9.10. The predicted octanol–water partition coefficient (Wildman–Crippen LogP) is 3.22. The van der Waals surface area contributed by atoms with Crippen molar-refractivity contribution in [1.29, 1.82) is 0 Å². The van der Waals surface area contributed by atoms with Crippen LogP contribution in [0.4, 0.5) is 4.39 Å². The van der Waals surface area contributed by atoms with E-state index >= 15 is 0 Å². The molecule has 0 amide bonds. The van der Waals surface area contributed by atoms with Crippen LogP contribution in [0.3, 0.4) is 0 Å². The lowest BCUT2D eigenvalue weighted by molar-refractivity contribution is -0.118. The van der Waals surface area contributed by atoms with Crippen molar-refractivity contribution in [2.75, 3.05) is 0 Å². The molecular weight excluding hydrogens is 285 g/mol. The molecule has 0 radical (unpaired) electrons. The largest absolute Gasteiger partial charge is 0.327 e. The molecule has 1 aromatic carbocycles. The van der Waals surface area contributed by atoms with Crippen LogP contribution in [-0.2, 0) is 11.2 Å². The van der Waals surface area contributed by atoms with E-state index in [1.165, 1.54) is 12.1 Å². The third-order valence-electron chi connectivity index (χ3n) is 2.55. The summed E-state index contributed by atoms with van der Waals surface area (Å²) in [6.07, 6.45) is 2.53. The van der Waals surface area contributed by atoms with Gasteiger partial charge in [-0.2, -0.15) is 0 Å². The monoisotopic (exact) mass is 301 g/mol. The van der Waals surface area contributed by atoms with Gasteiger partial charge in [-0.1, -0.05) is 35.3 Å². The molecule has 0 aliphatic heterocycles. The molecule has 0 heterocycles. The molecule has 0 bridgehead atoms. The molecule has 0 spiro atoms. The Hall–Kier alpha value is -0.740. The lowest BCUT2D eigenvalue weighted by Gasteiger charge is -2.09. The molecule has 1 rings (SSSR count). The van der Waals surface area contributed by atoms with Gasteiger partial charge in [0.1, 0.15) is 11.6 Å². The Balaban J connectivity index is 2.56. The molecule has 0 aliphatic rings. The number of carbonyl (C=O) groups is 1. The Labute approximate surface area is 110 Å². The van der Waals surface area contributed by atoms with E-state index in [9.17, 15) is 9.18 Å². The van der Waals surface area contributed by atoms with Crippen LogP contribution in [0.2, 0.25) is 0 Å². The van der Waals surface area contributed by atoms with Gasteiger partial charge in [-0.3, -0.25) is 4.79 Å². The van der Waals surface area contributed by atoms with Gasteiger partial charge in [-0.05, 0) is 24.1 Å². The summed E-state index contributed by atoms with van der Waals surface area (Å²) in [5, 5.41) is 0. The average Bonchev–Trinajstić information content (AvgIpc) is 2.22. The molecule has 94 valence electrons. The van der Waals surface area contributed by atoms with Gasteiger partial charge >= 0.3 is 0 Å². The van der Waals surface area contributed by atoms with Crippen LogP contribution < -0.4 is 5.73 Å². The van der Waals surface area contributed by atoms with Gasteiger partial charge in [0.05, 0.1) is 0 Å². The zero-order valence-electron chi connectivity index (χ0n) is 9.88. The Bertz CT molecular complexity index is 395. The zero-order valence-corrected chi connectivity index (χ0v) is 11.5. The topological polar surface area (TPSA) is 43.1 Å². The van der Waals surface area contributed by atoms with Crippen LogP contribution in [0.5, 0.6) is 0 Å². The second-order valence-electron chi connectivity index (χ2n) is 4.20. The van der Waals surface area contributed by atoms with E-state index in [0.717, 1.165) is 18.4 Å². The van der Waals surface area contributed by atoms with Crippen molar-refractivity contribution in [2.24, 2.45) is 5.73 Å². The normalized spacial score (nSPS) is 12.5. The van der Waals surface area contributed by atoms with Gasteiger partial charge in [-0.15, -0.1) is 0 Å². The molecule has 4 heteroatoms. The summed E-state index contributed by atoms with van der Waals surface area (Å²) in [7, 11) is 0. The minimum Gasteiger partial charge on any atom is -0.327 e. The summed E-state index contributed by atoms with van der Waals surface area (Å²) >= 11 is 3.25.